The predicted octanol–water partition coefficient (Wildman–Crippen LogP) is 1.05. The number of carbonyl (C=O) groups is 1. The first kappa shape index (κ1) is 14.1. The van der Waals surface area contributed by atoms with Crippen molar-refractivity contribution < 1.29 is 14.3 Å². The lowest BCUT2D eigenvalue weighted by atomic mass is 10.2. The van der Waals surface area contributed by atoms with Gasteiger partial charge in [0.25, 0.3) is 0 Å². The quantitative estimate of drug-likeness (QED) is 0.855. The van der Waals surface area contributed by atoms with Crippen LogP contribution in [0.4, 0.5) is 5.69 Å². The molecule has 2 aromatic rings. The summed E-state index contributed by atoms with van der Waals surface area (Å²) < 4.78 is 10.3. The minimum absolute atomic E-state index is 0.00933. The van der Waals surface area contributed by atoms with E-state index in [0.717, 1.165) is 0 Å². The van der Waals surface area contributed by atoms with Gasteiger partial charge in [0.2, 0.25) is 5.91 Å². The Morgan fingerprint density at radius 1 is 1.35 bits per heavy atom. The molecule has 2 N–H and O–H groups in total. The van der Waals surface area contributed by atoms with E-state index in [1.807, 2.05) is 0 Å². The van der Waals surface area contributed by atoms with Crippen LogP contribution in [0.1, 0.15) is 5.82 Å². The van der Waals surface area contributed by atoms with E-state index in [4.69, 9.17) is 21.1 Å². The molecule has 1 aromatic heterocycles. The standard InChI is InChI=1S/C11H12ClN5O3/c1-19-8-4-7(9(20-2)3-6(8)12)13-11(18)5-10-14-16-17-15-10/h3-4H,5H2,1-2H3,(H,13,18)(H,14,15,16,17). The topological polar surface area (TPSA) is 102 Å². The maximum Gasteiger partial charge on any atom is 0.232 e. The smallest absolute Gasteiger partial charge is 0.232 e. The first-order valence-corrected chi connectivity index (χ1v) is 5.95. The van der Waals surface area contributed by atoms with E-state index in [1.54, 1.807) is 12.1 Å². The van der Waals surface area contributed by atoms with Gasteiger partial charge in [-0.1, -0.05) is 16.8 Å². The van der Waals surface area contributed by atoms with Gasteiger partial charge in [-0.2, -0.15) is 5.21 Å². The van der Waals surface area contributed by atoms with Gasteiger partial charge in [0.15, 0.2) is 5.82 Å². The van der Waals surface area contributed by atoms with Crippen LogP contribution in [0.5, 0.6) is 11.5 Å². The SMILES string of the molecule is COc1cc(NC(=O)Cc2nn[nH]n2)c(OC)cc1Cl. The highest BCUT2D eigenvalue weighted by molar-refractivity contribution is 6.32. The maximum absolute atomic E-state index is 11.9. The highest BCUT2D eigenvalue weighted by Gasteiger charge is 2.14. The highest BCUT2D eigenvalue weighted by Crippen LogP contribution is 2.35. The number of methoxy groups -OCH3 is 2. The van der Waals surface area contributed by atoms with Crippen molar-refractivity contribution in [2.24, 2.45) is 0 Å². The number of amides is 1. The zero-order chi connectivity index (χ0) is 14.5. The number of ether oxygens (including phenoxy) is 2. The fourth-order valence-electron chi connectivity index (χ4n) is 1.55. The van der Waals surface area contributed by atoms with E-state index in [-0.39, 0.29) is 12.3 Å². The lowest BCUT2D eigenvalue weighted by Gasteiger charge is -2.12. The van der Waals surface area contributed by atoms with Crippen LogP contribution in [0.3, 0.4) is 0 Å². The number of nitrogens with one attached hydrogen (secondary N) is 2. The number of hydrogen-bond acceptors (Lipinski definition) is 6. The van der Waals surface area contributed by atoms with Crippen LogP contribution in [-0.2, 0) is 11.2 Å². The molecule has 1 heterocycles. The first-order chi connectivity index (χ1) is 9.63. The summed E-state index contributed by atoms with van der Waals surface area (Å²) in [6.45, 7) is 0. The zero-order valence-corrected chi connectivity index (χ0v) is 11.6. The van der Waals surface area contributed by atoms with Crippen molar-refractivity contribution in [2.75, 3.05) is 19.5 Å². The second-order valence-corrected chi connectivity index (χ2v) is 4.15. The van der Waals surface area contributed by atoms with Gasteiger partial charge < -0.3 is 14.8 Å². The molecule has 0 fully saturated rings. The molecule has 0 saturated carbocycles. The highest BCUT2D eigenvalue weighted by atomic mass is 35.5. The molecule has 1 aromatic carbocycles. The van der Waals surface area contributed by atoms with Crippen LogP contribution in [0, 0.1) is 0 Å². The fraction of sp³-hybridized carbons (Fsp3) is 0.273. The summed E-state index contributed by atoms with van der Waals surface area (Å²) in [4.78, 5) is 11.9. The van der Waals surface area contributed by atoms with E-state index in [1.165, 1.54) is 14.2 Å². The third-order valence-electron chi connectivity index (χ3n) is 2.46. The average Bonchev–Trinajstić information content (AvgIpc) is 2.92. The summed E-state index contributed by atoms with van der Waals surface area (Å²) in [5, 5.41) is 16.1. The lowest BCUT2D eigenvalue weighted by molar-refractivity contribution is -0.115. The van der Waals surface area contributed by atoms with Gasteiger partial charge in [0, 0.05) is 12.1 Å². The number of hydrogen-bond donors (Lipinski definition) is 2. The fourth-order valence-corrected chi connectivity index (χ4v) is 1.78. The number of carbonyl (C=O) groups excluding carboxylic acids is 1. The Bertz CT molecular complexity index is 602. The van der Waals surface area contributed by atoms with E-state index in [0.29, 0.717) is 28.0 Å². The largest absolute Gasteiger partial charge is 0.495 e. The summed E-state index contributed by atoms with van der Waals surface area (Å²) in [5.41, 5.74) is 0.447. The molecule has 0 atom stereocenters. The Balaban J connectivity index is 2.17. The van der Waals surface area contributed by atoms with Crippen LogP contribution in [0.25, 0.3) is 0 Å². The van der Waals surface area contributed by atoms with Crippen molar-refractivity contribution in [3.05, 3.63) is 23.0 Å². The molecule has 0 unspecified atom stereocenters. The Hall–Kier alpha value is -2.35. The van der Waals surface area contributed by atoms with Crippen molar-refractivity contribution in [1.82, 2.24) is 20.6 Å². The number of tetrazole rings is 1. The minimum Gasteiger partial charge on any atom is -0.495 e. The van der Waals surface area contributed by atoms with E-state index in [2.05, 4.69) is 25.9 Å². The number of aromatic nitrogens is 4. The van der Waals surface area contributed by atoms with Crippen LogP contribution in [0.2, 0.25) is 5.02 Å². The summed E-state index contributed by atoms with van der Waals surface area (Å²) in [6, 6.07) is 3.14. The van der Waals surface area contributed by atoms with E-state index >= 15 is 0 Å². The number of nitrogens with zero attached hydrogens (tertiary/aromatic N) is 3. The predicted molar refractivity (Wildman–Crippen MR) is 71.1 cm³/mol. The third-order valence-corrected chi connectivity index (χ3v) is 2.75. The molecule has 9 heteroatoms. The van der Waals surface area contributed by atoms with Gasteiger partial charge in [-0.05, 0) is 0 Å². The molecule has 0 aliphatic carbocycles. The lowest BCUT2D eigenvalue weighted by Crippen LogP contribution is -2.16. The summed E-state index contributed by atoms with van der Waals surface area (Å²) in [6.07, 6.45) is -0.00933. The van der Waals surface area contributed by atoms with Crippen molar-refractivity contribution in [1.29, 1.82) is 0 Å². The molecule has 1 amide bonds. The number of rotatable bonds is 5. The van der Waals surface area contributed by atoms with Crippen molar-refractivity contribution in [3.8, 4) is 11.5 Å². The van der Waals surface area contributed by atoms with Crippen LogP contribution < -0.4 is 14.8 Å². The summed E-state index contributed by atoms with van der Waals surface area (Å²) in [7, 11) is 2.96. The van der Waals surface area contributed by atoms with E-state index in [9.17, 15) is 4.79 Å². The van der Waals surface area contributed by atoms with Gasteiger partial charge >= 0.3 is 0 Å². The van der Waals surface area contributed by atoms with Crippen molar-refractivity contribution >= 4 is 23.2 Å². The van der Waals surface area contributed by atoms with Gasteiger partial charge in [-0.15, -0.1) is 10.2 Å². The van der Waals surface area contributed by atoms with Crippen LogP contribution in [0.15, 0.2) is 12.1 Å². The van der Waals surface area contributed by atoms with Gasteiger partial charge in [0.05, 0.1) is 31.4 Å². The molecule has 0 radical (unpaired) electrons. The maximum atomic E-state index is 11.9. The number of anilines is 1. The Morgan fingerprint density at radius 3 is 2.70 bits per heavy atom. The minimum atomic E-state index is -0.311. The summed E-state index contributed by atoms with van der Waals surface area (Å²) in [5.74, 6) is 0.844. The number of halogens is 1. The summed E-state index contributed by atoms with van der Waals surface area (Å²) >= 11 is 5.98. The zero-order valence-electron chi connectivity index (χ0n) is 10.8. The second-order valence-electron chi connectivity index (χ2n) is 3.74. The van der Waals surface area contributed by atoms with E-state index < -0.39 is 0 Å². The number of aromatic amines is 1. The Morgan fingerprint density at radius 2 is 2.10 bits per heavy atom. The molecule has 106 valence electrons. The average molecular weight is 298 g/mol. The van der Waals surface area contributed by atoms with Crippen molar-refractivity contribution in [3.63, 3.8) is 0 Å². The molecular weight excluding hydrogens is 286 g/mol. The van der Waals surface area contributed by atoms with Gasteiger partial charge in [-0.3, -0.25) is 4.79 Å². The van der Waals surface area contributed by atoms with Crippen LogP contribution >= 0.6 is 11.6 Å². The molecule has 20 heavy (non-hydrogen) atoms. The molecule has 8 nitrogen and oxygen atoms in total. The third kappa shape index (κ3) is 3.15. The molecule has 0 bridgehead atoms. The number of H-pyrrole nitrogens is 1. The molecule has 0 spiro atoms. The molecule has 2 rings (SSSR count). The Labute approximate surface area is 119 Å². The van der Waals surface area contributed by atoms with Gasteiger partial charge in [0.1, 0.15) is 11.5 Å². The molecule has 0 saturated heterocycles. The van der Waals surface area contributed by atoms with Crippen LogP contribution in [-0.4, -0.2) is 40.8 Å². The first-order valence-electron chi connectivity index (χ1n) is 5.57. The molecule has 0 aliphatic rings. The number of benzene rings is 1. The second kappa shape index (κ2) is 6.20. The van der Waals surface area contributed by atoms with Gasteiger partial charge in [-0.25, -0.2) is 0 Å². The van der Waals surface area contributed by atoms with Crippen molar-refractivity contribution in [2.45, 2.75) is 6.42 Å². The molecular formula is C11H12ClN5O3. The molecule has 0 aliphatic heterocycles. The monoisotopic (exact) mass is 297 g/mol. The Kier molecular flexibility index (Phi) is 4.36. The normalized spacial score (nSPS) is 10.2.